The summed E-state index contributed by atoms with van der Waals surface area (Å²) in [7, 11) is -2.42. The van der Waals surface area contributed by atoms with Crippen LogP contribution >= 0.6 is 12.4 Å². The van der Waals surface area contributed by atoms with Crippen molar-refractivity contribution < 1.29 is 17.9 Å². The Labute approximate surface area is 143 Å². The zero-order chi connectivity index (χ0) is 16.3. The lowest BCUT2D eigenvalue weighted by Gasteiger charge is -2.30. The van der Waals surface area contributed by atoms with Crippen LogP contribution in [-0.2, 0) is 14.8 Å². The molecule has 0 saturated carbocycles. The highest BCUT2D eigenvalue weighted by molar-refractivity contribution is 7.89. The molecule has 2 N–H and O–H groups in total. The number of benzene rings is 1. The Morgan fingerprint density at radius 2 is 2.09 bits per heavy atom. The van der Waals surface area contributed by atoms with E-state index in [1.54, 1.807) is 19.1 Å². The molecule has 2 rings (SSSR count). The SMILES string of the molecule is COC(=O)c1ccc(C)c(S(=O)(=O)NC2CNCCC2C)c1.Cl. The molecule has 130 valence electrons. The third-order valence-corrected chi connectivity index (χ3v) is 5.66. The number of piperidine rings is 1. The van der Waals surface area contributed by atoms with Gasteiger partial charge in [0.1, 0.15) is 0 Å². The molecule has 0 aliphatic carbocycles. The minimum absolute atomic E-state index is 0. The maximum absolute atomic E-state index is 12.6. The van der Waals surface area contributed by atoms with E-state index in [1.165, 1.54) is 13.2 Å². The second kappa shape index (κ2) is 8.10. The Bertz CT molecular complexity index is 663. The number of carbonyl (C=O) groups excluding carboxylic acids is 1. The quantitative estimate of drug-likeness (QED) is 0.792. The van der Waals surface area contributed by atoms with Crippen molar-refractivity contribution in [1.29, 1.82) is 0 Å². The molecule has 2 unspecified atom stereocenters. The van der Waals surface area contributed by atoms with E-state index in [4.69, 9.17) is 0 Å². The molecule has 1 aromatic rings. The van der Waals surface area contributed by atoms with Crippen molar-refractivity contribution in [3.05, 3.63) is 29.3 Å². The third kappa shape index (κ3) is 4.67. The van der Waals surface area contributed by atoms with Crippen LogP contribution < -0.4 is 10.0 Å². The van der Waals surface area contributed by atoms with Crippen LogP contribution in [0.3, 0.4) is 0 Å². The first-order valence-corrected chi connectivity index (χ1v) is 8.75. The molecule has 23 heavy (non-hydrogen) atoms. The molecule has 0 bridgehead atoms. The summed E-state index contributed by atoms with van der Waals surface area (Å²) in [6.45, 7) is 5.25. The summed E-state index contributed by atoms with van der Waals surface area (Å²) in [5.74, 6) is -0.288. The summed E-state index contributed by atoms with van der Waals surface area (Å²) in [6.07, 6.45) is 0.925. The van der Waals surface area contributed by atoms with Gasteiger partial charge in [-0.25, -0.2) is 17.9 Å². The number of esters is 1. The van der Waals surface area contributed by atoms with Crippen LogP contribution in [0.15, 0.2) is 23.1 Å². The molecule has 1 aliphatic rings. The number of aryl methyl sites for hydroxylation is 1. The van der Waals surface area contributed by atoms with Gasteiger partial charge in [-0.2, -0.15) is 0 Å². The zero-order valence-corrected chi connectivity index (χ0v) is 15.1. The van der Waals surface area contributed by atoms with Crippen LogP contribution in [0.25, 0.3) is 0 Å². The van der Waals surface area contributed by atoms with Gasteiger partial charge < -0.3 is 10.1 Å². The number of hydrogen-bond donors (Lipinski definition) is 2. The first kappa shape index (κ1) is 19.9. The van der Waals surface area contributed by atoms with Crippen LogP contribution in [-0.4, -0.2) is 40.6 Å². The highest BCUT2D eigenvalue weighted by Gasteiger charge is 2.28. The van der Waals surface area contributed by atoms with Gasteiger partial charge in [-0.15, -0.1) is 12.4 Å². The molecule has 1 heterocycles. The largest absolute Gasteiger partial charge is 0.465 e. The van der Waals surface area contributed by atoms with Gasteiger partial charge in [-0.3, -0.25) is 0 Å². The standard InChI is InChI=1S/C15H22N2O4S.ClH/c1-10-6-7-16-9-13(10)17-22(19,20)14-8-12(15(18)21-3)5-4-11(14)2;/h4-5,8,10,13,16-17H,6-7,9H2,1-3H3;1H. The van der Waals surface area contributed by atoms with E-state index in [2.05, 4.69) is 14.8 Å². The van der Waals surface area contributed by atoms with Crippen LogP contribution in [0.2, 0.25) is 0 Å². The van der Waals surface area contributed by atoms with E-state index < -0.39 is 16.0 Å². The Morgan fingerprint density at radius 1 is 1.39 bits per heavy atom. The van der Waals surface area contributed by atoms with Crippen LogP contribution in [0, 0.1) is 12.8 Å². The average molecular weight is 363 g/mol. The fourth-order valence-electron chi connectivity index (χ4n) is 2.54. The summed E-state index contributed by atoms with van der Waals surface area (Å²) in [5, 5.41) is 3.19. The van der Waals surface area contributed by atoms with Gasteiger partial charge in [-0.1, -0.05) is 13.0 Å². The molecular formula is C15H23ClN2O4S. The highest BCUT2D eigenvalue weighted by atomic mass is 35.5. The Hall–Kier alpha value is -1.15. The number of methoxy groups -OCH3 is 1. The van der Waals surface area contributed by atoms with Gasteiger partial charge in [0.15, 0.2) is 0 Å². The predicted octanol–water partition coefficient (Wildman–Crippen LogP) is 1.48. The van der Waals surface area contributed by atoms with Crippen molar-refractivity contribution in [2.75, 3.05) is 20.2 Å². The Balaban J connectivity index is 0.00000264. The van der Waals surface area contributed by atoms with Crippen molar-refractivity contribution in [3.63, 3.8) is 0 Å². The predicted molar refractivity (Wildman–Crippen MR) is 90.5 cm³/mol. The van der Waals surface area contributed by atoms with Crippen molar-refractivity contribution in [1.82, 2.24) is 10.0 Å². The van der Waals surface area contributed by atoms with Crippen molar-refractivity contribution in [2.24, 2.45) is 5.92 Å². The van der Waals surface area contributed by atoms with Crippen LogP contribution in [0.1, 0.15) is 29.3 Å². The third-order valence-electron chi connectivity index (χ3n) is 4.03. The first-order valence-electron chi connectivity index (χ1n) is 7.27. The van der Waals surface area contributed by atoms with E-state index in [9.17, 15) is 13.2 Å². The molecule has 2 atom stereocenters. The highest BCUT2D eigenvalue weighted by Crippen LogP contribution is 2.20. The monoisotopic (exact) mass is 362 g/mol. The lowest BCUT2D eigenvalue weighted by Crippen LogP contribution is -2.50. The van der Waals surface area contributed by atoms with Crippen molar-refractivity contribution >= 4 is 28.4 Å². The van der Waals surface area contributed by atoms with E-state index in [1.807, 2.05) is 6.92 Å². The van der Waals surface area contributed by atoms with Crippen LogP contribution in [0.5, 0.6) is 0 Å². The number of hydrogen-bond acceptors (Lipinski definition) is 5. The molecular weight excluding hydrogens is 340 g/mol. The average Bonchev–Trinajstić information content (AvgIpc) is 2.49. The number of nitrogens with one attached hydrogen (secondary N) is 2. The van der Waals surface area contributed by atoms with E-state index in [-0.39, 0.29) is 34.8 Å². The topological polar surface area (TPSA) is 84.5 Å². The molecule has 0 radical (unpaired) electrons. The second-order valence-corrected chi connectivity index (χ2v) is 7.35. The molecule has 6 nitrogen and oxygen atoms in total. The van der Waals surface area contributed by atoms with Crippen LogP contribution in [0.4, 0.5) is 0 Å². The maximum Gasteiger partial charge on any atom is 0.337 e. The lowest BCUT2D eigenvalue weighted by atomic mass is 9.96. The minimum atomic E-state index is -3.69. The van der Waals surface area contributed by atoms with Gasteiger partial charge in [-0.05, 0) is 43.5 Å². The summed E-state index contributed by atoms with van der Waals surface area (Å²) in [4.78, 5) is 11.7. The minimum Gasteiger partial charge on any atom is -0.465 e. The normalized spacial score (nSPS) is 21.3. The number of sulfonamides is 1. The van der Waals surface area contributed by atoms with Gasteiger partial charge in [0, 0.05) is 12.6 Å². The molecule has 1 fully saturated rings. The summed E-state index contributed by atoms with van der Waals surface area (Å²) >= 11 is 0. The van der Waals surface area contributed by atoms with Gasteiger partial charge in [0.05, 0.1) is 17.6 Å². The van der Waals surface area contributed by atoms with Crippen molar-refractivity contribution in [2.45, 2.75) is 31.2 Å². The zero-order valence-electron chi connectivity index (χ0n) is 13.5. The number of carbonyl (C=O) groups is 1. The molecule has 1 saturated heterocycles. The second-order valence-electron chi connectivity index (χ2n) is 5.67. The molecule has 1 aromatic carbocycles. The fourth-order valence-corrected chi connectivity index (χ4v) is 4.16. The van der Waals surface area contributed by atoms with Gasteiger partial charge in [0.25, 0.3) is 0 Å². The Kier molecular flexibility index (Phi) is 7.01. The summed E-state index contributed by atoms with van der Waals surface area (Å²) in [5.41, 5.74) is 0.819. The van der Waals surface area contributed by atoms with Gasteiger partial charge in [0.2, 0.25) is 10.0 Å². The van der Waals surface area contributed by atoms with E-state index in [0.29, 0.717) is 12.1 Å². The molecule has 8 heteroatoms. The van der Waals surface area contributed by atoms with E-state index in [0.717, 1.165) is 13.0 Å². The number of ether oxygens (including phenoxy) is 1. The molecule has 0 aromatic heterocycles. The maximum atomic E-state index is 12.6. The lowest BCUT2D eigenvalue weighted by molar-refractivity contribution is 0.0600. The summed E-state index contributed by atoms with van der Waals surface area (Å²) in [6, 6.07) is 4.39. The smallest absolute Gasteiger partial charge is 0.337 e. The summed E-state index contributed by atoms with van der Waals surface area (Å²) < 4.78 is 32.7. The Morgan fingerprint density at radius 3 is 2.70 bits per heavy atom. The molecule has 1 aliphatic heterocycles. The fraction of sp³-hybridized carbons (Fsp3) is 0.533. The molecule has 0 spiro atoms. The van der Waals surface area contributed by atoms with Gasteiger partial charge >= 0.3 is 5.97 Å². The number of halogens is 1. The van der Waals surface area contributed by atoms with Crippen molar-refractivity contribution in [3.8, 4) is 0 Å². The first-order chi connectivity index (χ1) is 10.3. The molecule has 0 amide bonds. The number of rotatable bonds is 4. The van der Waals surface area contributed by atoms with E-state index >= 15 is 0 Å².